The van der Waals surface area contributed by atoms with Crippen LogP contribution < -0.4 is 5.32 Å². The first kappa shape index (κ1) is 16.8. The van der Waals surface area contributed by atoms with Gasteiger partial charge in [0.25, 0.3) is 5.91 Å². The van der Waals surface area contributed by atoms with Crippen LogP contribution in [0, 0.1) is 5.92 Å². The van der Waals surface area contributed by atoms with Crippen LogP contribution in [0.1, 0.15) is 36.0 Å². The van der Waals surface area contributed by atoms with Crippen molar-refractivity contribution in [2.24, 2.45) is 5.92 Å². The Kier molecular flexibility index (Phi) is 4.69. The lowest BCUT2D eigenvalue weighted by Crippen LogP contribution is -2.46. The van der Waals surface area contributed by atoms with Gasteiger partial charge in [0.15, 0.2) is 0 Å². The third-order valence-electron chi connectivity index (χ3n) is 5.15. The third-order valence-corrected chi connectivity index (χ3v) is 5.15. The molecular formula is C21H23N3O2. The van der Waals surface area contributed by atoms with Crippen LogP contribution in [0.4, 0.5) is 0 Å². The predicted octanol–water partition coefficient (Wildman–Crippen LogP) is 2.88. The van der Waals surface area contributed by atoms with Gasteiger partial charge in [-0.2, -0.15) is 0 Å². The van der Waals surface area contributed by atoms with Crippen molar-refractivity contribution in [3.63, 3.8) is 0 Å². The average Bonchev–Trinajstić information content (AvgIpc) is 3.40. The van der Waals surface area contributed by atoms with Gasteiger partial charge in [0.05, 0.1) is 5.69 Å². The number of nitrogens with zero attached hydrogens (tertiary/aromatic N) is 2. The summed E-state index contributed by atoms with van der Waals surface area (Å²) < 4.78 is 0. The van der Waals surface area contributed by atoms with Crippen molar-refractivity contribution in [3.05, 3.63) is 54.2 Å². The molecule has 1 unspecified atom stereocenters. The molecule has 2 aliphatic rings. The second kappa shape index (κ2) is 7.28. The van der Waals surface area contributed by atoms with Crippen molar-refractivity contribution in [2.45, 2.75) is 31.7 Å². The maximum atomic E-state index is 13.0. The molecule has 26 heavy (non-hydrogen) atoms. The smallest absolute Gasteiger partial charge is 0.254 e. The van der Waals surface area contributed by atoms with E-state index in [9.17, 15) is 9.59 Å². The Hall–Kier alpha value is -2.69. The summed E-state index contributed by atoms with van der Waals surface area (Å²) in [6.07, 6.45) is 5.75. The van der Waals surface area contributed by atoms with Crippen LogP contribution >= 0.6 is 0 Å². The first-order valence-corrected chi connectivity index (χ1v) is 9.32. The fourth-order valence-corrected chi connectivity index (χ4v) is 3.48. The second-order valence-corrected chi connectivity index (χ2v) is 7.14. The molecule has 5 nitrogen and oxygen atoms in total. The summed E-state index contributed by atoms with van der Waals surface area (Å²) in [5, 5.41) is 3.02. The molecule has 1 saturated carbocycles. The van der Waals surface area contributed by atoms with E-state index in [1.807, 2.05) is 42.5 Å². The number of hydrogen-bond acceptors (Lipinski definition) is 3. The summed E-state index contributed by atoms with van der Waals surface area (Å²) in [4.78, 5) is 31.6. The largest absolute Gasteiger partial charge is 0.354 e. The standard InChI is InChI=1S/C21H23N3O2/c25-20(23-14-15-9-10-15)19-8-4-12-24(19)21(26)17-6-3-5-16(13-17)18-7-1-2-11-22-18/h1-3,5-7,11,13,15,19H,4,8-10,12,14H2,(H,23,25). The van der Waals surface area contributed by atoms with Crippen molar-refractivity contribution < 1.29 is 9.59 Å². The monoisotopic (exact) mass is 349 g/mol. The van der Waals surface area contributed by atoms with E-state index >= 15 is 0 Å². The maximum Gasteiger partial charge on any atom is 0.254 e. The van der Waals surface area contributed by atoms with Gasteiger partial charge in [-0.05, 0) is 55.9 Å². The van der Waals surface area contributed by atoms with E-state index in [0.29, 0.717) is 18.0 Å². The average molecular weight is 349 g/mol. The number of amides is 2. The highest BCUT2D eigenvalue weighted by molar-refractivity contribution is 5.98. The van der Waals surface area contributed by atoms with Crippen molar-refractivity contribution in [1.29, 1.82) is 0 Å². The minimum atomic E-state index is -0.347. The molecule has 5 heteroatoms. The van der Waals surface area contributed by atoms with E-state index in [4.69, 9.17) is 0 Å². The minimum absolute atomic E-state index is 0.0105. The van der Waals surface area contributed by atoms with Gasteiger partial charge < -0.3 is 10.2 Å². The van der Waals surface area contributed by atoms with E-state index < -0.39 is 0 Å². The van der Waals surface area contributed by atoms with Crippen LogP contribution in [0.3, 0.4) is 0 Å². The molecule has 1 atom stereocenters. The van der Waals surface area contributed by atoms with E-state index in [1.165, 1.54) is 12.8 Å². The highest BCUT2D eigenvalue weighted by Gasteiger charge is 2.35. The minimum Gasteiger partial charge on any atom is -0.354 e. The zero-order valence-corrected chi connectivity index (χ0v) is 14.7. The molecule has 1 aromatic heterocycles. The predicted molar refractivity (Wildman–Crippen MR) is 99.5 cm³/mol. The highest BCUT2D eigenvalue weighted by atomic mass is 16.2. The Morgan fingerprint density at radius 1 is 1.12 bits per heavy atom. The van der Waals surface area contributed by atoms with Gasteiger partial charge in [-0.15, -0.1) is 0 Å². The molecule has 2 heterocycles. The Morgan fingerprint density at radius 2 is 2.00 bits per heavy atom. The molecule has 2 fully saturated rings. The maximum absolute atomic E-state index is 13.0. The summed E-state index contributed by atoms with van der Waals surface area (Å²) in [5.41, 5.74) is 2.35. The summed E-state index contributed by atoms with van der Waals surface area (Å²) in [5.74, 6) is 0.551. The lowest BCUT2D eigenvalue weighted by atomic mass is 10.1. The van der Waals surface area contributed by atoms with Crippen LogP contribution in [0.5, 0.6) is 0 Å². The van der Waals surface area contributed by atoms with Gasteiger partial charge in [-0.1, -0.05) is 18.2 Å². The van der Waals surface area contributed by atoms with Crippen LogP contribution in [0.2, 0.25) is 0 Å². The lowest BCUT2D eigenvalue weighted by Gasteiger charge is -2.24. The molecule has 1 aliphatic carbocycles. The number of likely N-dealkylation sites (tertiary alicyclic amines) is 1. The van der Waals surface area contributed by atoms with Crippen molar-refractivity contribution >= 4 is 11.8 Å². The van der Waals surface area contributed by atoms with Crippen molar-refractivity contribution in [2.75, 3.05) is 13.1 Å². The molecule has 1 N–H and O–H groups in total. The van der Waals surface area contributed by atoms with E-state index in [-0.39, 0.29) is 17.9 Å². The molecule has 1 aromatic carbocycles. The van der Waals surface area contributed by atoms with E-state index in [2.05, 4.69) is 10.3 Å². The highest BCUT2D eigenvalue weighted by Crippen LogP contribution is 2.28. The van der Waals surface area contributed by atoms with Gasteiger partial charge in [0, 0.05) is 30.4 Å². The molecule has 2 aromatic rings. The summed E-state index contributed by atoms with van der Waals surface area (Å²) in [6.45, 7) is 1.38. The number of hydrogen-bond donors (Lipinski definition) is 1. The molecule has 4 rings (SSSR count). The third kappa shape index (κ3) is 3.62. The first-order valence-electron chi connectivity index (χ1n) is 9.32. The van der Waals surface area contributed by atoms with Crippen molar-refractivity contribution in [3.8, 4) is 11.3 Å². The topological polar surface area (TPSA) is 62.3 Å². The molecular weight excluding hydrogens is 326 g/mol. The number of benzene rings is 1. The second-order valence-electron chi connectivity index (χ2n) is 7.14. The Bertz CT molecular complexity index is 802. The zero-order chi connectivity index (χ0) is 17.9. The molecule has 1 saturated heterocycles. The van der Waals surface area contributed by atoms with Gasteiger partial charge in [-0.25, -0.2) is 0 Å². The molecule has 1 aliphatic heterocycles. The molecule has 0 radical (unpaired) electrons. The SMILES string of the molecule is O=C(NCC1CC1)C1CCCN1C(=O)c1cccc(-c2ccccn2)c1. The summed E-state index contributed by atoms with van der Waals surface area (Å²) >= 11 is 0. The Labute approximate surface area is 153 Å². The fraction of sp³-hybridized carbons (Fsp3) is 0.381. The fourth-order valence-electron chi connectivity index (χ4n) is 3.48. The number of carbonyl (C=O) groups is 2. The molecule has 2 amide bonds. The quantitative estimate of drug-likeness (QED) is 0.903. The molecule has 0 spiro atoms. The van der Waals surface area contributed by atoms with Gasteiger partial charge in [0.1, 0.15) is 6.04 Å². The van der Waals surface area contributed by atoms with Crippen molar-refractivity contribution in [1.82, 2.24) is 15.2 Å². The number of carbonyl (C=O) groups excluding carboxylic acids is 2. The van der Waals surface area contributed by atoms with Crippen LogP contribution in [-0.4, -0.2) is 40.8 Å². The normalized spacial score (nSPS) is 19.4. The van der Waals surface area contributed by atoms with E-state index in [0.717, 1.165) is 30.6 Å². The Morgan fingerprint density at radius 3 is 2.77 bits per heavy atom. The number of pyridine rings is 1. The van der Waals surface area contributed by atoms with Crippen LogP contribution in [-0.2, 0) is 4.79 Å². The van der Waals surface area contributed by atoms with Crippen LogP contribution in [0.25, 0.3) is 11.3 Å². The lowest BCUT2D eigenvalue weighted by molar-refractivity contribution is -0.124. The van der Waals surface area contributed by atoms with Gasteiger partial charge in [0.2, 0.25) is 5.91 Å². The van der Waals surface area contributed by atoms with Crippen LogP contribution in [0.15, 0.2) is 48.7 Å². The Balaban J connectivity index is 1.50. The summed E-state index contributed by atoms with van der Waals surface area (Å²) in [7, 11) is 0. The number of rotatable bonds is 5. The van der Waals surface area contributed by atoms with Gasteiger partial charge >= 0.3 is 0 Å². The molecule has 0 bridgehead atoms. The number of nitrogens with one attached hydrogen (secondary N) is 1. The molecule has 134 valence electrons. The first-order chi connectivity index (χ1) is 12.7. The van der Waals surface area contributed by atoms with Gasteiger partial charge in [-0.3, -0.25) is 14.6 Å². The summed E-state index contributed by atoms with van der Waals surface area (Å²) in [6, 6.07) is 12.9. The number of aromatic nitrogens is 1. The zero-order valence-electron chi connectivity index (χ0n) is 14.7. The van der Waals surface area contributed by atoms with E-state index in [1.54, 1.807) is 11.1 Å².